The van der Waals surface area contributed by atoms with Crippen LogP contribution in [0.25, 0.3) is 11.0 Å². The summed E-state index contributed by atoms with van der Waals surface area (Å²) in [6.45, 7) is 7.69. The first-order chi connectivity index (χ1) is 13.8. The quantitative estimate of drug-likeness (QED) is 0.514. The minimum absolute atomic E-state index is 0.00271. The summed E-state index contributed by atoms with van der Waals surface area (Å²) in [5, 5.41) is 0. The van der Waals surface area contributed by atoms with Crippen molar-refractivity contribution in [3.63, 3.8) is 0 Å². The van der Waals surface area contributed by atoms with Crippen LogP contribution in [0.5, 0.6) is 0 Å². The zero-order chi connectivity index (χ0) is 20.6. The van der Waals surface area contributed by atoms with Crippen LogP contribution < -0.4 is 11.4 Å². The van der Waals surface area contributed by atoms with Crippen molar-refractivity contribution < 1.29 is 0 Å². The summed E-state index contributed by atoms with van der Waals surface area (Å²) in [5.74, 6) is 0. The Morgan fingerprint density at radius 1 is 0.724 bits per heavy atom. The van der Waals surface area contributed by atoms with Gasteiger partial charge in [0.15, 0.2) is 0 Å². The maximum Gasteiger partial charge on any atom is 0.329 e. The van der Waals surface area contributed by atoms with Crippen molar-refractivity contribution in [2.24, 2.45) is 0 Å². The molecule has 2 N–H and O–H groups in total. The van der Waals surface area contributed by atoms with E-state index >= 15 is 0 Å². The molecule has 0 amide bonds. The Hall–Kier alpha value is -3.27. The first-order valence-corrected chi connectivity index (χ1v) is 9.95. The molecular formula is C25H27N3O. The largest absolute Gasteiger partial charge is 0.399 e. The molecule has 0 saturated heterocycles. The second-order valence-electron chi connectivity index (χ2n) is 8.63. The normalized spacial score (nSPS) is 11.8. The topological polar surface area (TPSA) is 53.0 Å². The fourth-order valence-electron chi connectivity index (χ4n) is 3.68. The number of benzene rings is 3. The number of hydrogen-bond donors (Lipinski definition) is 1. The van der Waals surface area contributed by atoms with Crippen molar-refractivity contribution in [3.8, 4) is 0 Å². The average Bonchev–Trinajstić information content (AvgIpc) is 2.95. The molecular weight excluding hydrogens is 358 g/mol. The highest BCUT2D eigenvalue weighted by molar-refractivity contribution is 5.76. The lowest BCUT2D eigenvalue weighted by Crippen LogP contribution is -2.25. The van der Waals surface area contributed by atoms with Crippen LogP contribution in [-0.4, -0.2) is 9.13 Å². The molecule has 0 unspecified atom stereocenters. The number of anilines is 1. The Balaban J connectivity index is 1.72. The van der Waals surface area contributed by atoms with Gasteiger partial charge in [0.1, 0.15) is 0 Å². The third-order valence-electron chi connectivity index (χ3n) is 5.41. The Labute approximate surface area is 171 Å². The molecule has 29 heavy (non-hydrogen) atoms. The maximum absolute atomic E-state index is 13.3. The second-order valence-corrected chi connectivity index (χ2v) is 8.63. The molecule has 4 aromatic rings. The lowest BCUT2D eigenvalue weighted by atomic mass is 9.87. The van der Waals surface area contributed by atoms with E-state index in [0.29, 0.717) is 13.1 Å². The van der Waals surface area contributed by atoms with Crippen LogP contribution in [0, 0.1) is 0 Å². The molecule has 1 heterocycles. The summed E-state index contributed by atoms with van der Waals surface area (Å²) in [7, 11) is 0. The van der Waals surface area contributed by atoms with E-state index in [9.17, 15) is 4.79 Å². The summed E-state index contributed by atoms with van der Waals surface area (Å²) in [4.78, 5) is 13.3. The SMILES string of the molecule is CC(C)(C)c1ccc(Cn2c(=O)n(Cc3ccc(N)cc3)c3ccccc32)cc1. The molecule has 4 nitrogen and oxygen atoms in total. The number of rotatable bonds is 4. The highest BCUT2D eigenvalue weighted by Crippen LogP contribution is 2.23. The number of aromatic nitrogens is 2. The van der Waals surface area contributed by atoms with Gasteiger partial charge in [0.05, 0.1) is 24.1 Å². The van der Waals surface area contributed by atoms with Crippen LogP contribution in [-0.2, 0) is 18.5 Å². The van der Waals surface area contributed by atoms with Gasteiger partial charge in [-0.3, -0.25) is 9.13 Å². The van der Waals surface area contributed by atoms with E-state index in [2.05, 4.69) is 45.0 Å². The van der Waals surface area contributed by atoms with Gasteiger partial charge in [0, 0.05) is 5.69 Å². The van der Waals surface area contributed by atoms with E-state index in [4.69, 9.17) is 5.73 Å². The first-order valence-electron chi connectivity index (χ1n) is 9.95. The summed E-state index contributed by atoms with van der Waals surface area (Å²) in [6.07, 6.45) is 0. The molecule has 1 aromatic heterocycles. The van der Waals surface area contributed by atoms with Crippen LogP contribution in [0.4, 0.5) is 5.69 Å². The zero-order valence-corrected chi connectivity index (χ0v) is 17.2. The van der Waals surface area contributed by atoms with Gasteiger partial charge < -0.3 is 5.73 Å². The minimum atomic E-state index is 0.00271. The molecule has 4 rings (SSSR count). The Morgan fingerprint density at radius 3 is 1.62 bits per heavy atom. The van der Waals surface area contributed by atoms with Crippen molar-refractivity contribution in [1.82, 2.24) is 9.13 Å². The van der Waals surface area contributed by atoms with E-state index in [-0.39, 0.29) is 11.1 Å². The number of hydrogen-bond acceptors (Lipinski definition) is 2. The fraction of sp³-hybridized carbons (Fsp3) is 0.240. The van der Waals surface area contributed by atoms with Crippen molar-refractivity contribution >= 4 is 16.7 Å². The number of para-hydroxylation sites is 2. The van der Waals surface area contributed by atoms with E-state index in [1.165, 1.54) is 5.56 Å². The Kier molecular flexibility index (Phi) is 4.79. The molecule has 0 radical (unpaired) electrons. The molecule has 0 aliphatic carbocycles. The van der Waals surface area contributed by atoms with E-state index < -0.39 is 0 Å². The lowest BCUT2D eigenvalue weighted by molar-refractivity contribution is 0.589. The third kappa shape index (κ3) is 3.83. The van der Waals surface area contributed by atoms with Crippen LogP contribution >= 0.6 is 0 Å². The predicted molar refractivity (Wildman–Crippen MR) is 120 cm³/mol. The molecule has 0 aliphatic rings. The third-order valence-corrected chi connectivity index (χ3v) is 5.41. The van der Waals surface area contributed by atoms with Crippen LogP contribution in [0.2, 0.25) is 0 Å². The van der Waals surface area contributed by atoms with E-state index in [0.717, 1.165) is 27.8 Å². The summed E-state index contributed by atoms with van der Waals surface area (Å²) >= 11 is 0. The zero-order valence-electron chi connectivity index (χ0n) is 17.2. The molecule has 4 heteroatoms. The summed E-state index contributed by atoms with van der Waals surface area (Å²) < 4.78 is 3.70. The first kappa shape index (κ1) is 19.1. The van der Waals surface area contributed by atoms with Gasteiger partial charge in [0.25, 0.3) is 0 Å². The minimum Gasteiger partial charge on any atom is -0.399 e. The number of imidazole rings is 1. The molecule has 148 valence electrons. The smallest absolute Gasteiger partial charge is 0.329 e. The van der Waals surface area contributed by atoms with Gasteiger partial charge in [-0.25, -0.2) is 4.79 Å². The summed E-state index contributed by atoms with van der Waals surface area (Å²) in [5.41, 5.74) is 12.0. The summed E-state index contributed by atoms with van der Waals surface area (Å²) in [6, 6.07) is 24.2. The second kappa shape index (κ2) is 7.28. The molecule has 0 fully saturated rings. The van der Waals surface area contributed by atoms with Gasteiger partial charge in [-0.15, -0.1) is 0 Å². The van der Waals surface area contributed by atoms with E-state index in [1.807, 2.05) is 57.7 Å². The Morgan fingerprint density at radius 2 is 1.17 bits per heavy atom. The van der Waals surface area contributed by atoms with Gasteiger partial charge in [-0.2, -0.15) is 0 Å². The number of fused-ring (bicyclic) bond motifs is 1. The number of nitrogens with two attached hydrogens (primary N) is 1. The number of nitrogens with zero attached hydrogens (tertiary/aromatic N) is 2. The number of nitrogen functional groups attached to an aromatic ring is 1. The van der Waals surface area contributed by atoms with Crippen molar-refractivity contribution in [2.45, 2.75) is 39.3 Å². The van der Waals surface area contributed by atoms with E-state index in [1.54, 1.807) is 0 Å². The fourth-order valence-corrected chi connectivity index (χ4v) is 3.68. The van der Waals surface area contributed by atoms with Crippen LogP contribution in [0.3, 0.4) is 0 Å². The molecule has 0 bridgehead atoms. The average molecular weight is 386 g/mol. The van der Waals surface area contributed by atoms with Crippen molar-refractivity contribution in [1.29, 1.82) is 0 Å². The monoisotopic (exact) mass is 385 g/mol. The predicted octanol–water partition coefficient (Wildman–Crippen LogP) is 4.78. The van der Waals surface area contributed by atoms with Crippen LogP contribution in [0.15, 0.2) is 77.6 Å². The van der Waals surface area contributed by atoms with Gasteiger partial charge in [-0.1, -0.05) is 69.3 Å². The molecule has 3 aromatic carbocycles. The highest BCUT2D eigenvalue weighted by Gasteiger charge is 2.15. The standard InChI is InChI=1S/C25H27N3O/c1-25(2,3)20-12-8-18(9-13-20)16-27-22-6-4-5-7-23(22)28(24(27)29)17-19-10-14-21(26)15-11-19/h4-15H,16-17,26H2,1-3H3. The van der Waals surface area contributed by atoms with Gasteiger partial charge in [-0.05, 0) is 46.4 Å². The molecule has 0 aliphatic heterocycles. The van der Waals surface area contributed by atoms with Gasteiger partial charge in [0.2, 0.25) is 0 Å². The Bertz CT molecular complexity index is 1190. The van der Waals surface area contributed by atoms with Crippen molar-refractivity contribution in [2.75, 3.05) is 5.73 Å². The van der Waals surface area contributed by atoms with Crippen LogP contribution in [0.1, 0.15) is 37.5 Å². The van der Waals surface area contributed by atoms with Crippen molar-refractivity contribution in [3.05, 3.63) is 100.0 Å². The molecule has 0 atom stereocenters. The lowest BCUT2D eigenvalue weighted by Gasteiger charge is -2.19. The molecule has 0 spiro atoms. The van der Waals surface area contributed by atoms with Gasteiger partial charge >= 0.3 is 5.69 Å². The highest BCUT2D eigenvalue weighted by atomic mass is 16.1. The maximum atomic E-state index is 13.3. The molecule has 0 saturated carbocycles.